The van der Waals surface area contributed by atoms with Crippen molar-refractivity contribution in [3.63, 3.8) is 0 Å². The molecule has 1 heterocycles. The van der Waals surface area contributed by atoms with Crippen LogP contribution < -0.4 is 14.2 Å². The van der Waals surface area contributed by atoms with Gasteiger partial charge in [-0.1, -0.05) is 23.7 Å². The molecule has 0 saturated carbocycles. The molecule has 5 nitrogen and oxygen atoms in total. The number of nitrogens with zero attached hydrogens (tertiary/aromatic N) is 1. The fourth-order valence-corrected chi connectivity index (χ4v) is 4.14. The maximum Gasteiger partial charge on any atom is 0.255 e. The fraction of sp³-hybridized carbons (Fsp3) is 0.296. The largest absolute Gasteiger partial charge is 0.494 e. The first-order valence-corrected chi connectivity index (χ1v) is 11.5. The van der Waals surface area contributed by atoms with E-state index >= 15 is 0 Å². The normalized spacial score (nSPS) is 13.7. The lowest BCUT2D eigenvalue weighted by molar-refractivity contribution is 0.0635. The van der Waals surface area contributed by atoms with Gasteiger partial charge in [-0.2, -0.15) is 0 Å². The van der Waals surface area contributed by atoms with Gasteiger partial charge in [-0.05, 0) is 86.5 Å². The quantitative estimate of drug-likeness (QED) is 0.372. The zero-order valence-corrected chi connectivity index (χ0v) is 19.8. The average molecular weight is 466 g/mol. The number of benzene rings is 3. The van der Waals surface area contributed by atoms with Gasteiger partial charge in [-0.25, -0.2) is 0 Å². The number of carbonyl (C=O) groups excluding carboxylic acids is 1. The minimum atomic E-state index is -0.275. The summed E-state index contributed by atoms with van der Waals surface area (Å²) < 4.78 is 17.4. The van der Waals surface area contributed by atoms with E-state index < -0.39 is 0 Å². The van der Waals surface area contributed by atoms with Gasteiger partial charge >= 0.3 is 0 Å². The van der Waals surface area contributed by atoms with Crippen LogP contribution in [-0.2, 0) is 6.54 Å². The summed E-state index contributed by atoms with van der Waals surface area (Å²) in [5, 5.41) is 0.626. The van der Waals surface area contributed by atoms with Gasteiger partial charge in [-0.15, -0.1) is 0 Å². The molecule has 1 atom stereocenters. The molecule has 0 saturated heterocycles. The Morgan fingerprint density at radius 3 is 2.18 bits per heavy atom. The van der Waals surface area contributed by atoms with Gasteiger partial charge in [0, 0.05) is 17.1 Å². The van der Waals surface area contributed by atoms with Crippen LogP contribution in [-0.4, -0.2) is 30.1 Å². The third-order valence-electron chi connectivity index (χ3n) is 5.45. The van der Waals surface area contributed by atoms with E-state index in [1.165, 1.54) is 0 Å². The van der Waals surface area contributed by atoms with Crippen LogP contribution in [0.1, 0.15) is 48.3 Å². The molecule has 0 aliphatic carbocycles. The van der Waals surface area contributed by atoms with Crippen molar-refractivity contribution in [2.45, 2.75) is 39.5 Å². The van der Waals surface area contributed by atoms with E-state index in [0.29, 0.717) is 30.3 Å². The molecule has 6 heteroatoms. The summed E-state index contributed by atoms with van der Waals surface area (Å²) in [4.78, 5) is 15.1. The highest BCUT2D eigenvalue weighted by Crippen LogP contribution is 2.34. The number of ether oxygens (including phenoxy) is 3. The molecule has 0 spiro atoms. The Morgan fingerprint density at radius 2 is 1.55 bits per heavy atom. The number of fused-ring (bicyclic) bond motifs is 1. The molecule has 0 radical (unpaired) electrons. The number of carbonyl (C=O) groups is 1. The van der Waals surface area contributed by atoms with Crippen LogP contribution in [0, 0.1) is 0 Å². The fourth-order valence-electron chi connectivity index (χ4n) is 3.94. The molecule has 1 aliphatic rings. The SMILES string of the molecule is CCOc1ccc(OCC(c2ccc(OC(C)C)cc2)N2Cc3cc(Cl)ccc3C2=O)cc1. The Morgan fingerprint density at radius 1 is 0.909 bits per heavy atom. The van der Waals surface area contributed by atoms with Crippen molar-refractivity contribution in [2.75, 3.05) is 13.2 Å². The van der Waals surface area contributed by atoms with Gasteiger partial charge in [0.1, 0.15) is 23.9 Å². The second kappa shape index (κ2) is 10.2. The summed E-state index contributed by atoms with van der Waals surface area (Å²) in [6.07, 6.45) is 0.0917. The van der Waals surface area contributed by atoms with Crippen LogP contribution in [0.15, 0.2) is 66.7 Å². The lowest BCUT2D eigenvalue weighted by atomic mass is 10.1. The van der Waals surface area contributed by atoms with Crippen molar-refractivity contribution in [2.24, 2.45) is 0 Å². The minimum absolute atomic E-state index is 0.0236. The molecular weight excluding hydrogens is 438 g/mol. The molecule has 3 aromatic carbocycles. The van der Waals surface area contributed by atoms with Crippen LogP contribution in [0.25, 0.3) is 0 Å². The summed E-state index contributed by atoms with van der Waals surface area (Å²) >= 11 is 6.17. The zero-order chi connectivity index (χ0) is 23.4. The first-order chi connectivity index (χ1) is 15.9. The predicted octanol–water partition coefficient (Wildman–Crippen LogP) is 6.30. The van der Waals surface area contributed by atoms with E-state index in [-0.39, 0.29) is 18.1 Å². The number of hydrogen-bond donors (Lipinski definition) is 0. The standard InChI is InChI=1S/C27H28ClNO4/c1-4-31-22-10-12-23(13-11-22)32-17-26(19-5-8-24(9-6-19)33-18(2)3)29-16-20-15-21(28)7-14-25(20)27(29)30/h5-15,18,26H,4,16-17H2,1-3H3. The number of halogens is 1. The third kappa shape index (κ3) is 5.42. The monoisotopic (exact) mass is 465 g/mol. The van der Waals surface area contributed by atoms with Gasteiger partial charge < -0.3 is 19.1 Å². The molecule has 4 rings (SSSR count). The highest BCUT2D eigenvalue weighted by molar-refractivity contribution is 6.30. The van der Waals surface area contributed by atoms with Gasteiger partial charge in [0.15, 0.2) is 0 Å². The predicted molar refractivity (Wildman–Crippen MR) is 129 cm³/mol. The zero-order valence-electron chi connectivity index (χ0n) is 19.1. The summed E-state index contributed by atoms with van der Waals surface area (Å²) in [5.74, 6) is 2.28. The second-order valence-electron chi connectivity index (χ2n) is 8.20. The van der Waals surface area contributed by atoms with Gasteiger partial charge in [-0.3, -0.25) is 4.79 Å². The highest BCUT2D eigenvalue weighted by atomic mass is 35.5. The van der Waals surface area contributed by atoms with Crippen LogP contribution in [0.2, 0.25) is 5.02 Å². The Hall–Kier alpha value is -3.18. The summed E-state index contributed by atoms with van der Waals surface area (Å²) in [5.41, 5.74) is 2.59. The molecular formula is C27H28ClNO4. The number of amides is 1. The lowest BCUT2D eigenvalue weighted by Crippen LogP contribution is -2.33. The lowest BCUT2D eigenvalue weighted by Gasteiger charge is -2.28. The molecule has 172 valence electrons. The molecule has 0 N–H and O–H groups in total. The van der Waals surface area contributed by atoms with Crippen LogP contribution >= 0.6 is 11.6 Å². The molecule has 3 aromatic rings. The number of hydrogen-bond acceptors (Lipinski definition) is 4. The van der Waals surface area contributed by atoms with Crippen LogP contribution in [0.5, 0.6) is 17.2 Å². The molecule has 1 amide bonds. The van der Waals surface area contributed by atoms with Gasteiger partial charge in [0.05, 0.1) is 18.8 Å². The molecule has 0 aromatic heterocycles. The Bertz CT molecular complexity index is 1100. The Kier molecular flexibility index (Phi) is 7.09. The maximum absolute atomic E-state index is 13.2. The topological polar surface area (TPSA) is 48.0 Å². The van der Waals surface area contributed by atoms with Crippen molar-refractivity contribution < 1.29 is 19.0 Å². The maximum atomic E-state index is 13.2. The summed E-state index contributed by atoms with van der Waals surface area (Å²) in [6.45, 7) is 7.34. The average Bonchev–Trinajstić information content (AvgIpc) is 3.11. The smallest absolute Gasteiger partial charge is 0.255 e. The van der Waals surface area contributed by atoms with E-state index in [4.69, 9.17) is 25.8 Å². The first kappa shape index (κ1) is 23.0. The van der Waals surface area contributed by atoms with Crippen LogP contribution in [0.3, 0.4) is 0 Å². The first-order valence-electron chi connectivity index (χ1n) is 11.2. The van der Waals surface area contributed by atoms with Gasteiger partial charge in [0.25, 0.3) is 5.91 Å². The summed E-state index contributed by atoms with van der Waals surface area (Å²) in [7, 11) is 0. The summed E-state index contributed by atoms with van der Waals surface area (Å²) in [6, 6.07) is 20.5. The third-order valence-corrected chi connectivity index (χ3v) is 5.69. The van der Waals surface area contributed by atoms with E-state index in [1.54, 1.807) is 12.1 Å². The molecule has 1 aliphatic heterocycles. The highest BCUT2D eigenvalue weighted by Gasteiger charge is 2.34. The van der Waals surface area contributed by atoms with Crippen molar-refractivity contribution in [3.8, 4) is 17.2 Å². The van der Waals surface area contributed by atoms with Gasteiger partial charge in [0.2, 0.25) is 0 Å². The molecule has 0 bridgehead atoms. The Labute approximate surface area is 199 Å². The molecule has 33 heavy (non-hydrogen) atoms. The second-order valence-corrected chi connectivity index (χ2v) is 8.64. The van der Waals surface area contributed by atoms with Crippen molar-refractivity contribution in [3.05, 3.63) is 88.4 Å². The van der Waals surface area contributed by atoms with Crippen molar-refractivity contribution in [1.82, 2.24) is 4.90 Å². The van der Waals surface area contributed by atoms with Crippen molar-refractivity contribution >= 4 is 17.5 Å². The van der Waals surface area contributed by atoms with E-state index in [1.807, 2.05) is 80.3 Å². The van der Waals surface area contributed by atoms with E-state index in [0.717, 1.165) is 28.4 Å². The Balaban J connectivity index is 1.57. The van der Waals surface area contributed by atoms with Crippen molar-refractivity contribution in [1.29, 1.82) is 0 Å². The van der Waals surface area contributed by atoms with Crippen LogP contribution in [0.4, 0.5) is 0 Å². The van der Waals surface area contributed by atoms with E-state index in [9.17, 15) is 4.79 Å². The van der Waals surface area contributed by atoms with E-state index in [2.05, 4.69) is 0 Å². The molecule has 0 fully saturated rings. The minimum Gasteiger partial charge on any atom is -0.494 e. The molecule has 1 unspecified atom stereocenters. The number of rotatable bonds is 9.